The number of morpholine rings is 1. The van der Waals surface area contributed by atoms with E-state index in [0.29, 0.717) is 6.54 Å². The molecule has 1 N–H and O–H groups in total. The van der Waals surface area contributed by atoms with Gasteiger partial charge in [-0.2, -0.15) is 0 Å². The molecule has 1 atom stereocenters. The lowest BCUT2D eigenvalue weighted by molar-refractivity contribution is 0.0554. The van der Waals surface area contributed by atoms with Crippen molar-refractivity contribution in [3.8, 4) is 0 Å². The highest BCUT2D eigenvalue weighted by Gasteiger charge is 2.22. The fourth-order valence-electron chi connectivity index (χ4n) is 3.33. The number of aliphatic hydroxyl groups excluding tert-OH is 1. The first-order valence-corrected chi connectivity index (χ1v) is 8.76. The first kappa shape index (κ1) is 17.2. The number of carbonyl (C=O) groups excluding carboxylic acids is 1. The van der Waals surface area contributed by atoms with E-state index in [0.717, 1.165) is 63.7 Å². The molecule has 0 radical (unpaired) electrons. The van der Waals surface area contributed by atoms with Crippen LogP contribution in [0.3, 0.4) is 0 Å². The summed E-state index contributed by atoms with van der Waals surface area (Å²) in [6, 6.07) is 7.91. The third-order valence-corrected chi connectivity index (χ3v) is 4.67. The van der Waals surface area contributed by atoms with Crippen LogP contribution in [0, 0.1) is 0 Å². The molecule has 2 aliphatic rings. The molecule has 1 aromatic rings. The van der Waals surface area contributed by atoms with Gasteiger partial charge in [0.2, 0.25) is 0 Å². The zero-order valence-electron chi connectivity index (χ0n) is 14.4. The van der Waals surface area contributed by atoms with Gasteiger partial charge in [0.15, 0.2) is 0 Å². The van der Waals surface area contributed by atoms with E-state index in [2.05, 4.69) is 9.80 Å². The predicted octanol–water partition coefficient (Wildman–Crippen LogP) is 0.662. The summed E-state index contributed by atoms with van der Waals surface area (Å²) in [6.45, 7) is 8.88. The van der Waals surface area contributed by atoms with Gasteiger partial charge < -0.3 is 19.6 Å². The fraction of sp³-hybridized carbons (Fsp3) is 0.611. The number of β-amino-alcohol motifs (C(OH)–C–C–N with tert-alkyl or cyclic N) is 1. The standard InChI is InChI=1S/C18H27N3O3/c1-15(22)14-19-6-8-21(9-7-19)18(23)16-2-4-17(5-3-16)20-10-12-24-13-11-20/h2-5,15,22H,6-14H2,1H3/t15-/m0/s1. The van der Waals surface area contributed by atoms with Crippen molar-refractivity contribution in [1.82, 2.24) is 9.80 Å². The Morgan fingerprint density at radius 2 is 1.71 bits per heavy atom. The van der Waals surface area contributed by atoms with Gasteiger partial charge in [0.25, 0.3) is 5.91 Å². The van der Waals surface area contributed by atoms with Gasteiger partial charge in [-0.3, -0.25) is 9.69 Å². The monoisotopic (exact) mass is 333 g/mol. The fourth-order valence-corrected chi connectivity index (χ4v) is 3.33. The molecular weight excluding hydrogens is 306 g/mol. The maximum atomic E-state index is 12.6. The van der Waals surface area contributed by atoms with Crippen molar-refractivity contribution < 1.29 is 14.6 Å². The lowest BCUT2D eigenvalue weighted by Crippen LogP contribution is -2.50. The zero-order chi connectivity index (χ0) is 16.9. The lowest BCUT2D eigenvalue weighted by Gasteiger charge is -2.35. The molecule has 2 heterocycles. The van der Waals surface area contributed by atoms with Crippen molar-refractivity contribution in [2.24, 2.45) is 0 Å². The number of amides is 1. The quantitative estimate of drug-likeness (QED) is 0.877. The van der Waals surface area contributed by atoms with Crippen LogP contribution in [-0.4, -0.2) is 85.9 Å². The molecule has 6 heteroatoms. The third kappa shape index (κ3) is 4.26. The van der Waals surface area contributed by atoms with Gasteiger partial charge >= 0.3 is 0 Å². The summed E-state index contributed by atoms with van der Waals surface area (Å²) in [5, 5.41) is 9.46. The van der Waals surface area contributed by atoms with Gasteiger partial charge in [-0.15, -0.1) is 0 Å². The Labute approximate surface area is 143 Å². The second-order valence-corrected chi connectivity index (χ2v) is 6.59. The van der Waals surface area contributed by atoms with E-state index in [9.17, 15) is 9.90 Å². The van der Waals surface area contributed by atoms with Gasteiger partial charge in [-0.1, -0.05) is 0 Å². The highest BCUT2D eigenvalue weighted by Crippen LogP contribution is 2.18. The number of anilines is 1. The van der Waals surface area contributed by atoms with Gasteiger partial charge in [0.05, 0.1) is 19.3 Å². The number of benzene rings is 1. The number of piperazine rings is 1. The van der Waals surface area contributed by atoms with Crippen LogP contribution in [0.2, 0.25) is 0 Å². The number of carbonyl (C=O) groups is 1. The van der Waals surface area contributed by atoms with E-state index < -0.39 is 0 Å². The molecule has 6 nitrogen and oxygen atoms in total. The lowest BCUT2D eigenvalue weighted by atomic mass is 10.1. The van der Waals surface area contributed by atoms with Crippen LogP contribution in [0.4, 0.5) is 5.69 Å². The number of hydrogen-bond donors (Lipinski definition) is 1. The molecule has 0 unspecified atom stereocenters. The number of hydrogen-bond acceptors (Lipinski definition) is 5. The molecule has 3 rings (SSSR count). The van der Waals surface area contributed by atoms with E-state index in [1.54, 1.807) is 6.92 Å². The molecule has 2 aliphatic heterocycles. The Bertz CT molecular complexity index is 533. The maximum absolute atomic E-state index is 12.6. The number of ether oxygens (including phenoxy) is 1. The Morgan fingerprint density at radius 3 is 2.29 bits per heavy atom. The van der Waals surface area contributed by atoms with E-state index in [1.807, 2.05) is 29.2 Å². The Kier molecular flexibility index (Phi) is 5.71. The van der Waals surface area contributed by atoms with Crippen LogP contribution in [0.25, 0.3) is 0 Å². The molecule has 24 heavy (non-hydrogen) atoms. The molecule has 0 saturated carbocycles. The van der Waals surface area contributed by atoms with Gasteiger partial charge in [-0.05, 0) is 31.2 Å². The molecule has 132 valence electrons. The maximum Gasteiger partial charge on any atom is 0.253 e. The Balaban J connectivity index is 1.55. The first-order chi connectivity index (χ1) is 11.6. The van der Waals surface area contributed by atoms with Crippen LogP contribution >= 0.6 is 0 Å². The average Bonchev–Trinajstić information content (AvgIpc) is 2.62. The summed E-state index contributed by atoms with van der Waals surface area (Å²) in [5.41, 5.74) is 1.90. The minimum absolute atomic E-state index is 0.0974. The summed E-state index contributed by atoms with van der Waals surface area (Å²) in [4.78, 5) is 19.0. The predicted molar refractivity (Wildman–Crippen MR) is 93.5 cm³/mol. The van der Waals surface area contributed by atoms with Crippen molar-refractivity contribution in [2.75, 3.05) is 63.9 Å². The Morgan fingerprint density at radius 1 is 1.08 bits per heavy atom. The number of aliphatic hydroxyl groups is 1. The summed E-state index contributed by atoms with van der Waals surface area (Å²) in [5.74, 6) is 0.0974. The largest absolute Gasteiger partial charge is 0.392 e. The second kappa shape index (κ2) is 7.96. The van der Waals surface area contributed by atoms with Crippen molar-refractivity contribution in [2.45, 2.75) is 13.0 Å². The summed E-state index contributed by atoms with van der Waals surface area (Å²) in [6.07, 6.45) is -0.319. The summed E-state index contributed by atoms with van der Waals surface area (Å²) < 4.78 is 5.37. The van der Waals surface area contributed by atoms with E-state index in [1.165, 1.54) is 0 Å². The SMILES string of the molecule is C[C@H](O)CN1CCN(C(=O)c2ccc(N3CCOCC3)cc2)CC1. The molecule has 0 spiro atoms. The molecule has 1 aromatic carbocycles. The normalized spacial score (nSPS) is 20.9. The van der Waals surface area contributed by atoms with Crippen LogP contribution in [0.5, 0.6) is 0 Å². The van der Waals surface area contributed by atoms with Crippen molar-refractivity contribution in [3.63, 3.8) is 0 Å². The molecule has 1 amide bonds. The topological polar surface area (TPSA) is 56.2 Å². The molecule has 0 aliphatic carbocycles. The highest BCUT2D eigenvalue weighted by atomic mass is 16.5. The molecule has 2 fully saturated rings. The average molecular weight is 333 g/mol. The van der Waals surface area contributed by atoms with Crippen molar-refractivity contribution >= 4 is 11.6 Å². The first-order valence-electron chi connectivity index (χ1n) is 8.76. The van der Waals surface area contributed by atoms with Crippen LogP contribution < -0.4 is 4.90 Å². The Hall–Kier alpha value is -1.63. The molecule has 0 aromatic heterocycles. The summed E-state index contributed by atoms with van der Waals surface area (Å²) in [7, 11) is 0. The van der Waals surface area contributed by atoms with Crippen LogP contribution in [0.15, 0.2) is 24.3 Å². The van der Waals surface area contributed by atoms with Gasteiger partial charge in [0, 0.05) is 57.1 Å². The van der Waals surface area contributed by atoms with Crippen LogP contribution in [0.1, 0.15) is 17.3 Å². The van der Waals surface area contributed by atoms with E-state index in [-0.39, 0.29) is 12.0 Å². The molecule has 2 saturated heterocycles. The minimum Gasteiger partial charge on any atom is -0.392 e. The zero-order valence-corrected chi connectivity index (χ0v) is 14.4. The van der Waals surface area contributed by atoms with Crippen molar-refractivity contribution in [3.05, 3.63) is 29.8 Å². The number of rotatable bonds is 4. The number of nitrogens with zero attached hydrogens (tertiary/aromatic N) is 3. The minimum atomic E-state index is -0.319. The van der Waals surface area contributed by atoms with E-state index >= 15 is 0 Å². The van der Waals surface area contributed by atoms with Crippen molar-refractivity contribution in [1.29, 1.82) is 0 Å². The smallest absolute Gasteiger partial charge is 0.253 e. The molecule has 0 bridgehead atoms. The van der Waals surface area contributed by atoms with Crippen LogP contribution in [-0.2, 0) is 4.74 Å². The molecular formula is C18H27N3O3. The van der Waals surface area contributed by atoms with Gasteiger partial charge in [-0.25, -0.2) is 0 Å². The highest BCUT2D eigenvalue weighted by molar-refractivity contribution is 5.94. The summed E-state index contributed by atoms with van der Waals surface area (Å²) >= 11 is 0. The van der Waals surface area contributed by atoms with Gasteiger partial charge in [0.1, 0.15) is 0 Å². The third-order valence-electron chi connectivity index (χ3n) is 4.67. The van der Waals surface area contributed by atoms with E-state index in [4.69, 9.17) is 4.74 Å². The second-order valence-electron chi connectivity index (χ2n) is 6.59.